The van der Waals surface area contributed by atoms with E-state index in [1.54, 1.807) is 4.31 Å². The predicted molar refractivity (Wildman–Crippen MR) is 92.1 cm³/mol. The van der Waals surface area contributed by atoms with Crippen molar-refractivity contribution in [3.63, 3.8) is 0 Å². The van der Waals surface area contributed by atoms with Crippen LogP contribution in [0.2, 0.25) is 10.2 Å². The highest BCUT2D eigenvalue weighted by atomic mass is 35.5. The maximum Gasteiger partial charge on any atom is 0.167 e. The number of anilines is 2. The molecule has 0 radical (unpaired) electrons. The van der Waals surface area contributed by atoms with Crippen LogP contribution in [0.1, 0.15) is 24.7 Å². The zero-order chi connectivity index (χ0) is 15.4. The highest BCUT2D eigenvalue weighted by molar-refractivity contribution is 7.81. The zero-order valence-electron chi connectivity index (χ0n) is 11.6. The SMILES string of the molecule is CCCc1nc(Cl)c(N)c(N(S)Cc2ccccc2Cl)n1. The smallest absolute Gasteiger partial charge is 0.167 e. The molecule has 0 aliphatic carbocycles. The summed E-state index contributed by atoms with van der Waals surface area (Å²) in [6.45, 7) is 2.52. The van der Waals surface area contributed by atoms with E-state index in [9.17, 15) is 0 Å². The van der Waals surface area contributed by atoms with Gasteiger partial charge in [-0.2, -0.15) is 0 Å². The number of nitrogen functional groups attached to an aromatic ring is 1. The molecule has 1 heterocycles. The van der Waals surface area contributed by atoms with Crippen LogP contribution in [0.3, 0.4) is 0 Å². The number of nitrogens with two attached hydrogens (primary N) is 1. The van der Waals surface area contributed by atoms with E-state index in [2.05, 4.69) is 29.7 Å². The van der Waals surface area contributed by atoms with Gasteiger partial charge in [-0.3, -0.25) is 4.31 Å². The van der Waals surface area contributed by atoms with Crippen molar-refractivity contribution in [2.45, 2.75) is 26.3 Å². The van der Waals surface area contributed by atoms with E-state index >= 15 is 0 Å². The van der Waals surface area contributed by atoms with E-state index in [0.29, 0.717) is 28.9 Å². The summed E-state index contributed by atoms with van der Waals surface area (Å²) in [6, 6.07) is 7.56. The number of hydrogen-bond acceptors (Lipinski definition) is 5. The minimum Gasteiger partial charge on any atom is -0.393 e. The van der Waals surface area contributed by atoms with Crippen molar-refractivity contribution in [1.29, 1.82) is 0 Å². The molecule has 21 heavy (non-hydrogen) atoms. The van der Waals surface area contributed by atoms with Gasteiger partial charge in [0.1, 0.15) is 11.5 Å². The number of aromatic nitrogens is 2. The number of nitrogens with zero attached hydrogens (tertiary/aromatic N) is 3. The molecule has 1 aromatic heterocycles. The summed E-state index contributed by atoms with van der Waals surface area (Å²) in [6.07, 6.45) is 1.66. The first-order valence-electron chi connectivity index (χ1n) is 6.54. The van der Waals surface area contributed by atoms with Gasteiger partial charge in [0.2, 0.25) is 0 Å². The Labute approximate surface area is 139 Å². The van der Waals surface area contributed by atoms with Gasteiger partial charge in [0.15, 0.2) is 11.0 Å². The normalized spacial score (nSPS) is 10.7. The van der Waals surface area contributed by atoms with Crippen LogP contribution in [0.5, 0.6) is 0 Å². The highest BCUT2D eigenvalue weighted by Crippen LogP contribution is 2.30. The minimum atomic E-state index is 0.252. The number of benzene rings is 1. The fourth-order valence-electron chi connectivity index (χ4n) is 1.87. The summed E-state index contributed by atoms with van der Waals surface area (Å²) in [4.78, 5) is 8.61. The van der Waals surface area contributed by atoms with E-state index in [0.717, 1.165) is 18.4 Å². The zero-order valence-corrected chi connectivity index (χ0v) is 14.0. The standard InChI is InChI=1S/C14H16Cl2N4S/c1-2-5-11-18-13(16)12(17)14(19-11)20(21)8-9-6-3-4-7-10(9)15/h3-4,6-7,21H,2,5,8,17H2,1H3. The second-order valence-corrected chi connectivity index (χ2v) is 5.82. The second kappa shape index (κ2) is 7.20. The van der Waals surface area contributed by atoms with Crippen molar-refractivity contribution < 1.29 is 0 Å². The van der Waals surface area contributed by atoms with Gasteiger partial charge in [-0.1, -0.05) is 61.1 Å². The van der Waals surface area contributed by atoms with Crippen molar-refractivity contribution in [3.8, 4) is 0 Å². The summed E-state index contributed by atoms with van der Waals surface area (Å²) < 4.78 is 1.63. The molecule has 2 aromatic rings. The fourth-order valence-corrected chi connectivity index (χ4v) is 2.55. The Hall–Kier alpha value is -1.17. The van der Waals surface area contributed by atoms with Crippen molar-refractivity contribution in [3.05, 3.63) is 45.8 Å². The lowest BCUT2D eigenvalue weighted by Crippen LogP contribution is -2.16. The first-order valence-corrected chi connectivity index (χ1v) is 7.70. The van der Waals surface area contributed by atoms with Gasteiger partial charge in [-0.05, 0) is 18.1 Å². The van der Waals surface area contributed by atoms with Gasteiger partial charge in [-0.15, -0.1) is 0 Å². The number of thiol groups is 1. The fraction of sp³-hybridized carbons (Fsp3) is 0.286. The van der Waals surface area contributed by atoms with E-state index in [1.807, 2.05) is 24.3 Å². The molecule has 4 nitrogen and oxygen atoms in total. The monoisotopic (exact) mass is 342 g/mol. The summed E-state index contributed by atoms with van der Waals surface area (Å²) in [5.41, 5.74) is 7.21. The summed E-state index contributed by atoms with van der Waals surface area (Å²) in [5, 5.41) is 0.922. The van der Waals surface area contributed by atoms with Crippen LogP contribution in [0.4, 0.5) is 11.5 Å². The Kier molecular flexibility index (Phi) is 5.56. The van der Waals surface area contributed by atoms with Crippen LogP contribution < -0.4 is 10.0 Å². The van der Waals surface area contributed by atoms with Gasteiger partial charge in [0.05, 0.1) is 6.54 Å². The quantitative estimate of drug-likeness (QED) is 0.632. The van der Waals surface area contributed by atoms with Crippen LogP contribution >= 0.6 is 36.0 Å². The van der Waals surface area contributed by atoms with Gasteiger partial charge in [0.25, 0.3) is 0 Å². The second-order valence-electron chi connectivity index (χ2n) is 4.57. The average molecular weight is 343 g/mol. The first-order chi connectivity index (χ1) is 10.0. The molecular formula is C14H16Cl2N4S. The lowest BCUT2D eigenvalue weighted by molar-refractivity contribution is 0.830. The van der Waals surface area contributed by atoms with Gasteiger partial charge >= 0.3 is 0 Å². The Morgan fingerprint density at radius 1 is 1.24 bits per heavy atom. The molecule has 2 rings (SSSR count). The predicted octanol–water partition coefficient (Wildman–Crippen LogP) is 4.17. The van der Waals surface area contributed by atoms with Crippen LogP contribution in [0, 0.1) is 0 Å². The van der Waals surface area contributed by atoms with E-state index in [4.69, 9.17) is 28.9 Å². The third-order valence-electron chi connectivity index (χ3n) is 2.92. The molecule has 0 saturated heterocycles. The summed E-state index contributed by atoms with van der Waals surface area (Å²) >= 11 is 16.7. The Bertz CT molecular complexity index is 636. The largest absolute Gasteiger partial charge is 0.393 e. The maximum absolute atomic E-state index is 6.16. The molecule has 112 valence electrons. The van der Waals surface area contributed by atoms with Crippen molar-refractivity contribution in [1.82, 2.24) is 9.97 Å². The lowest BCUT2D eigenvalue weighted by Gasteiger charge is -2.20. The molecule has 0 amide bonds. The number of halogens is 2. The summed E-state index contributed by atoms with van der Waals surface area (Å²) in [7, 11) is 0. The molecule has 1 aromatic carbocycles. The number of hydrogen-bond donors (Lipinski definition) is 2. The molecule has 0 aliphatic heterocycles. The third-order valence-corrected chi connectivity index (χ3v) is 3.91. The topological polar surface area (TPSA) is 55.0 Å². The van der Waals surface area contributed by atoms with Crippen LogP contribution in [-0.4, -0.2) is 9.97 Å². The molecule has 0 bridgehead atoms. The summed E-state index contributed by atoms with van der Waals surface area (Å²) in [5.74, 6) is 1.16. The van der Waals surface area contributed by atoms with Gasteiger partial charge in [0, 0.05) is 11.4 Å². The Morgan fingerprint density at radius 2 is 1.95 bits per heavy atom. The van der Waals surface area contributed by atoms with Crippen molar-refractivity contribution in [2.75, 3.05) is 10.0 Å². The van der Waals surface area contributed by atoms with Crippen LogP contribution in [0.25, 0.3) is 0 Å². The lowest BCUT2D eigenvalue weighted by atomic mass is 10.2. The highest BCUT2D eigenvalue weighted by Gasteiger charge is 2.15. The maximum atomic E-state index is 6.16. The van der Waals surface area contributed by atoms with Crippen molar-refractivity contribution in [2.24, 2.45) is 0 Å². The molecule has 2 N–H and O–H groups in total. The molecule has 7 heteroatoms. The first kappa shape index (κ1) is 16.2. The molecular weight excluding hydrogens is 327 g/mol. The van der Waals surface area contributed by atoms with Crippen molar-refractivity contribution >= 4 is 47.5 Å². The molecule has 0 aliphatic rings. The molecule has 0 spiro atoms. The molecule has 0 atom stereocenters. The average Bonchev–Trinajstić information content (AvgIpc) is 2.45. The van der Waals surface area contributed by atoms with E-state index in [1.165, 1.54) is 0 Å². The minimum absolute atomic E-state index is 0.252. The van der Waals surface area contributed by atoms with Crippen LogP contribution in [0.15, 0.2) is 24.3 Å². The molecule has 0 saturated carbocycles. The van der Waals surface area contributed by atoms with Gasteiger partial charge in [-0.25, -0.2) is 9.97 Å². The van der Waals surface area contributed by atoms with E-state index in [-0.39, 0.29) is 5.15 Å². The Morgan fingerprint density at radius 3 is 2.62 bits per heavy atom. The van der Waals surface area contributed by atoms with Gasteiger partial charge < -0.3 is 5.73 Å². The number of rotatable bonds is 5. The third kappa shape index (κ3) is 3.93. The molecule has 0 unspecified atom stereocenters. The van der Waals surface area contributed by atoms with E-state index < -0.39 is 0 Å². The Balaban J connectivity index is 2.30. The molecule has 0 fully saturated rings. The van der Waals surface area contributed by atoms with Crippen LogP contribution in [-0.2, 0) is 13.0 Å². The number of aryl methyl sites for hydroxylation is 1.